The number of carbonyl (C=O) groups is 1. The number of hydrogen-bond donors (Lipinski definition) is 2. The number of halogens is 2. The van der Waals surface area contributed by atoms with Gasteiger partial charge in [0, 0.05) is 17.5 Å². The van der Waals surface area contributed by atoms with Crippen LogP contribution < -0.4 is 15.8 Å². The quantitative estimate of drug-likeness (QED) is 0.790. The minimum atomic E-state index is -0.0223. The lowest BCUT2D eigenvalue weighted by molar-refractivity contribution is -0.117. The van der Waals surface area contributed by atoms with Gasteiger partial charge in [0.1, 0.15) is 5.75 Å². The molecule has 1 aromatic rings. The number of nitrogens with two attached hydrogens (primary N) is 1. The molecule has 0 heterocycles. The number of anilines is 1. The van der Waals surface area contributed by atoms with Crippen molar-refractivity contribution < 1.29 is 9.53 Å². The maximum Gasteiger partial charge on any atom is 0.224 e. The van der Waals surface area contributed by atoms with E-state index in [9.17, 15) is 4.79 Å². The molecule has 2 unspecified atom stereocenters. The lowest BCUT2D eigenvalue weighted by Crippen LogP contribution is -2.35. The molecule has 1 saturated carbocycles. The molecular formula is C17H26Cl2N2O2. The third-order valence-electron chi connectivity index (χ3n) is 4.09. The SMILES string of the molecule is CCCOc1ccc(Cl)cc1NC(=O)CC1CCCCC1N.Cl. The molecule has 1 aliphatic rings. The molecule has 6 heteroatoms. The molecule has 0 bridgehead atoms. The molecule has 0 radical (unpaired) electrons. The normalized spacial score (nSPS) is 20.5. The second-order valence-electron chi connectivity index (χ2n) is 5.95. The van der Waals surface area contributed by atoms with Crippen LogP contribution in [0.25, 0.3) is 0 Å². The Morgan fingerprint density at radius 2 is 2.13 bits per heavy atom. The molecular weight excluding hydrogens is 335 g/mol. The topological polar surface area (TPSA) is 64.3 Å². The van der Waals surface area contributed by atoms with Crippen LogP contribution in [0.2, 0.25) is 5.02 Å². The third kappa shape index (κ3) is 6.21. The van der Waals surface area contributed by atoms with Gasteiger partial charge in [-0.3, -0.25) is 4.79 Å². The molecule has 3 N–H and O–H groups in total. The number of carbonyl (C=O) groups excluding carboxylic acids is 1. The second-order valence-corrected chi connectivity index (χ2v) is 6.39. The highest BCUT2D eigenvalue weighted by atomic mass is 35.5. The van der Waals surface area contributed by atoms with Crippen LogP contribution in [0, 0.1) is 5.92 Å². The molecule has 1 amide bonds. The molecule has 2 rings (SSSR count). The van der Waals surface area contributed by atoms with Crippen molar-refractivity contribution in [3.05, 3.63) is 23.2 Å². The number of nitrogens with one attached hydrogen (secondary N) is 1. The summed E-state index contributed by atoms with van der Waals surface area (Å²) in [5.41, 5.74) is 6.75. The highest BCUT2D eigenvalue weighted by Gasteiger charge is 2.24. The van der Waals surface area contributed by atoms with Crippen LogP contribution >= 0.6 is 24.0 Å². The average Bonchev–Trinajstić information content (AvgIpc) is 2.49. The van der Waals surface area contributed by atoms with Gasteiger partial charge in [0.2, 0.25) is 5.91 Å². The summed E-state index contributed by atoms with van der Waals surface area (Å²) in [6, 6.07) is 5.42. The predicted octanol–water partition coefficient (Wildman–Crippen LogP) is 4.40. The largest absolute Gasteiger partial charge is 0.491 e. The Morgan fingerprint density at radius 1 is 1.39 bits per heavy atom. The van der Waals surface area contributed by atoms with Crippen molar-refractivity contribution in [2.75, 3.05) is 11.9 Å². The summed E-state index contributed by atoms with van der Waals surface area (Å²) in [6.45, 7) is 2.65. The first-order chi connectivity index (χ1) is 10.6. The molecule has 23 heavy (non-hydrogen) atoms. The molecule has 4 nitrogen and oxygen atoms in total. The molecule has 0 saturated heterocycles. The van der Waals surface area contributed by atoms with E-state index in [1.165, 1.54) is 6.42 Å². The first-order valence-electron chi connectivity index (χ1n) is 8.08. The summed E-state index contributed by atoms with van der Waals surface area (Å²) < 4.78 is 5.66. The third-order valence-corrected chi connectivity index (χ3v) is 4.33. The summed E-state index contributed by atoms with van der Waals surface area (Å²) in [5.74, 6) is 0.909. The van der Waals surface area contributed by atoms with Crippen molar-refractivity contribution in [2.45, 2.75) is 51.5 Å². The number of hydrogen-bond acceptors (Lipinski definition) is 3. The van der Waals surface area contributed by atoms with Gasteiger partial charge in [0.05, 0.1) is 12.3 Å². The van der Waals surface area contributed by atoms with Gasteiger partial charge in [-0.15, -0.1) is 12.4 Å². The van der Waals surface area contributed by atoms with Gasteiger partial charge in [-0.2, -0.15) is 0 Å². The van der Waals surface area contributed by atoms with E-state index in [0.29, 0.717) is 29.5 Å². The first-order valence-corrected chi connectivity index (χ1v) is 8.45. The molecule has 1 aromatic carbocycles. The lowest BCUT2D eigenvalue weighted by Gasteiger charge is -2.28. The van der Waals surface area contributed by atoms with Crippen LogP contribution in [0.1, 0.15) is 45.4 Å². The van der Waals surface area contributed by atoms with Crippen LogP contribution in [0.15, 0.2) is 18.2 Å². The Labute approximate surface area is 149 Å². The molecule has 0 aromatic heterocycles. The Kier molecular flexibility index (Phi) is 8.74. The Morgan fingerprint density at radius 3 is 2.83 bits per heavy atom. The number of rotatable bonds is 6. The minimum Gasteiger partial charge on any atom is -0.491 e. The monoisotopic (exact) mass is 360 g/mol. The van der Waals surface area contributed by atoms with Crippen LogP contribution in [0.5, 0.6) is 5.75 Å². The van der Waals surface area contributed by atoms with Gasteiger partial charge in [-0.1, -0.05) is 31.4 Å². The predicted molar refractivity (Wildman–Crippen MR) is 97.7 cm³/mol. The zero-order chi connectivity index (χ0) is 15.9. The average molecular weight is 361 g/mol. The van der Waals surface area contributed by atoms with Crippen molar-refractivity contribution in [1.29, 1.82) is 0 Å². The zero-order valence-corrected chi connectivity index (χ0v) is 15.1. The fraction of sp³-hybridized carbons (Fsp3) is 0.588. The summed E-state index contributed by atoms with van der Waals surface area (Å²) >= 11 is 6.02. The summed E-state index contributed by atoms with van der Waals surface area (Å²) in [7, 11) is 0. The van der Waals surface area contributed by atoms with E-state index >= 15 is 0 Å². The van der Waals surface area contributed by atoms with Gasteiger partial charge in [-0.25, -0.2) is 0 Å². The lowest BCUT2D eigenvalue weighted by atomic mass is 9.83. The van der Waals surface area contributed by atoms with Gasteiger partial charge in [0.15, 0.2) is 0 Å². The maximum absolute atomic E-state index is 12.3. The van der Waals surface area contributed by atoms with Crippen molar-refractivity contribution in [2.24, 2.45) is 11.7 Å². The highest BCUT2D eigenvalue weighted by molar-refractivity contribution is 6.31. The summed E-state index contributed by atoms with van der Waals surface area (Å²) in [4.78, 5) is 12.3. The van der Waals surface area contributed by atoms with Gasteiger partial charge >= 0.3 is 0 Å². The van der Waals surface area contributed by atoms with E-state index in [2.05, 4.69) is 5.32 Å². The molecule has 2 atom stereocenters. The number of amides is 1. The van der Waals surface area contributed by atoms with Crippen LogP contribution in [0.4, 0.5) is 5.69 Å². The minimum absolute atomic E-state index is 0. The highest BCUT2D eigenvalue weighted by Crippen LogP contribution is 2.30. The van der Waals surface area contributed by atoms with Gasteiger partial charge in [0.25, 0.3) is 0 Å². The molecule has 0 spiro atoms. The number of benzene rings is 1. The smallest absolute Gasteiger partial charge is 0.224 e. The standard InChI is InChI=1S/C17H25ClN2O2.ClH/c1-2-9-22-16-8-7-13(18)11-15(16)20-17(21)10-12-5-3-4-6-14(12)19;/h7-8,11-12,14H,2-6,9-10,19H2,1H3,(H,20,21);1H. The van der Waals surface area contributed by atoms with Crippen LogP contribution in [-0.2, 0) is 4.79 Å². The van der Waals surface area contributed by atoms with Gasteiger partial charge < -0.3 is 15.8 Å². The Bertz CT molecular complexity index is 511. The second kappa shape index (κ2) is 10.0. The first kappa shape index (κ1) is 20.1. The van der Waals surface area contributed by atoms with E-state index in [1.54, 1.807) is 18.2 Å². The molecule has 1 fully saturated rings. The van der Waals surface area contributed by atoms with Crippen LogP contribution in [0.3, 0.4) is 0 Å². The fourth-order valence-corrected chi connectivity index (χ4v) is 3.04. The zero-order valence-electron chi connectivity index (χ0n) is 13.5. The number of ether oxygens (including phenoxy) is 1. The van der Waals surface area contributed by atoms with E-state index < -0.39 is 0 Å². The Balaban J connectivity index is 0.00000264. The molecule has 0 aliphatic heterocycles. The van der Waals surface area contributed by atoms with E-state index in [1.807, 2.05) is 6.92 Å². The summed E-state index contributed by atoms with van der Waals surface area (Å²) in [6.07, 6.45) is 5.74. The maximum atomic E-state index is 12.3. The van der Waals surface area contributed by atoms with Crippen molar-refractivity contribution in [3.8, 4) is 5.75 Å². The fourth-order valence-electron chi connectivity index (χ4n) is 2.87. The van der Waals surface area contributed by atoms with E-state index in [0.717, 1.165) is 25.7 Å². The van der Waals surface area contributed by atoms with E-state index in [4.69, 9.17) is 22.1 Å². The van der Waals surface area contributed by atoms with Gasteiger partial charge in [-0.05, 0) is 43.4 Å². The molecule has 130 valence electrons. The van der Waals surface area contributed by atoms with E-state index in [-0.39, 0.29) is 30.3 Å². The van der Waals surface area contributed by atoms with Crippen molar-refractivity contribution in [3.63, 3.8) is 0 Å². The Hall–Kier alpha value is -0.970. The van der Waals surface area contributed by atoms with Crippen LogP contribution in [-0.4, -0.2) is 18.6 Å². The van der Waals surface area contributed by atoms with Crippen molar-refractivity contribution >= 4 is 35.6 Å². The van der Waals surface area contributed by atoms with Crippen molar-refractivity contribution in [1.82, 2.24) is 0 Å². The summed E-state index contributed by atoms with van der Waals surface area (Å²) in [5, 5.41) is 3.50. The molecule has 1 aliphatic carbocycles.